The van der Waals surface area contributed by atoms with Gasteiger partial charge in [-0.15, -0.1) is 0 Å². The van der Waals surface area contributed by atoms with Crippen LogP contribution in [0.2, 0.25) is 0 Å². The fraction of sp³-hybridized carbons (Fsp3) is 0.500. The van der Waals surface area contributed by atoms with Gasteiger partial charge in [0.05, 0.1) is 12.7 Å². The molecule has 1 aliphatic rings. The van der Waals surface area contributed by atoms with Gasteiger partial charge in [-0.3, -0.25) is 4.79 Å². The van der Waals surface area contributed by atoms with Crippen LogP contribution in [0.1, 0.15) is 16.8 Å². The number of phenolic OH excluding ortho intramolecular Hbond substituents is 3. The van der Waals surface area contributed by atoms with Crippen molar-refractivity contribution in [3.8, 4) is 17.2 Å². The molecule has 0 spiro atoms. The van der Waals surface area contributed by atoms with Crippen LogP contribution in [0, 0.1) is 0 Å². The third-order valence-corrected chi connectivity index (χ3v) is 3.77. The van der Waals surface area contributed by atoms with E-state index in [0.717, 1.165) is 12.1 Å². The number of hydrogen-bond acceptors (Lipinski definition) is 9. The van der Waals surface area contributed by atoms with E-state index in [0.29, 0.717) is 0 Å². The molecule has 1 fully saturated rings. The highest BCUT2D eigenvalue weighted by atomic mass is 16.5. The van der Waals surface area contributed by atoms with Crippen molar-refractivity contribution in [1.82, 2.24) is 0 Å². The number of phenols is 3. The van der Waals surface area contributed by atoms with Crippen LogP contribution >= 0.6 is 0 Å². The van der Waals surface area contributed by atoms with Crippen LogP contribution in [0.3, 0.4) is 0 Å². The first-order valence-electron chi connectivity index (χ1n) is 6.85. The van der Waals surface area contributed by atoms with Crippen LogP contribution in [0.15, 0.2) is 12.1 Å². The summed E-state index contributed by atoms with van der Waals surface area (Å²) in [5, 5.41) is 66.3. The SMILES string of the molecule is O=C(C[C@@H]1OC(CO)[C@@H](O)[C@H](O)C1O)c1cc(O)c(O)c(O)c1. The fourth-order valence-electron chi connectivity index (χ4n) is 2.41. The predicted molar refractivity (Wildman–Crippen MR) is 74.2 cm³/mol. The Hall–Kier alpha value is -1.91. The van der Waals surface area contributed by atoms with Crippen molar-refractivity contribution >= 4 is 5.78 Å². The molecule has 9 nitrogen and oxygen atoms in total. The smallest absolute Gasteiger partial charge is 0.200 e. The van der Waals surface area contributed by atoms with E-state index in [-0.39, 0.29) is 5.56 Å². The molecular weight excluding hydrogens is 312 g/mol. The molecule has 0 radical (unpaired) electrons. The number of carbonyl (C=O) groups is 1. The fourth-order valence-corrected chi connectivity index (χ4v) is 2.41. The highest BCUT2D eigenvalue weighted by molar-refractivity contribution is 5.97. The Kier molecular flexibility index (Phi) is 5.07. The second kappa shape index (κ2) is 6.69. The molecule has 0 aromatic heterocycles. The molecule has 9 heteroatoms. The third-order valence-electron chi connectivity index (χ3n) is 3.77. The van der Waals surface area contributed by atoms with Gasteiger partial charge in [0, 0.05) is 12.0 Å². The van der Waals surface area contributed by atoms with Crippen molar-refractivity contribution in [3.05, 3.63) is 17.7 Å². The van der Waals surface area contributed by atoms with E-state index in [1.165, 1.54) is 0 Å². The minimum Gasteiger partial charge on any atom is -0.504 e. The lowest BCUT2D eigenvalue weighted by Crippen LogP contribution is -2.58. The summed E-state index contributed by atoms with van der Waals surface area (Å²) >= 11 is 0. The first kappa shape index (κ1) is 17.4. The molecule has 1 aromatic rings. The molecule has 2 unspecified atom stereocenters. The van der Waals surface area contributed by atoms with E-state index in [1.807, 2.05) is 0 Å². The van der Waals surface area contributed by atoms with Gasteiger partial charge >= 0.3 is 0 Å². The summed E-state index contributed by atoms with van der Waals surface area (Å²) in [7, 11) is 0. The molecule has 5 atom stereocenters. The van der Waals surface area contributed by atoms with Crippen LogP contribution in [-0.4, -0.2) is 78.7 Å². The Bertz CT molecular complexity index is 563. The van der Waals surface area contributed by atoms with Crippen molar-refractivity contribution in [3.63, 3.8) is 0 Å². The number of hydrogen-bond donors (Lipinski definition) is 7. The van der Waals surface area contributed by atoms with Crippen molar-refractivity contribution in [1.29, 1.82) is 0 Å². The quantitative estimate of drug-likeness (QED) is 0.249. The van der Waals surface area contributed by atoms with Gasteiger partial charge in [-0.1, -0.05) is 0 Å². The highest BCUT2D eigenvalue weighted by Crippen LogP contribution is 2.36. The van der Waals surface area contributed by atoms with Gasteiger partial charge in [-0.05, 0) is 12.1 Å². The average molecular weight is 330 g/mol. The lowest BCUT2D eigenvalue weighted by molar-refractivity contribution is -0.227. The first-order valence-corrected chi connectivity index (χ1v) is 6.85. The van der Waals surface area contributed by atoms with E-state index in [1.54, 1.807) is 0 Å². The van der Waals surface area contributed by atoms with Gasteiger partial charge in [0.1, 0.15) is 24.4 Å². The number of ketones is 1. The van der Waals surface area contributed by atoms with E-state index in [9.17, 15) is 35.4 Å². The maximum Gasteiger partial charge on any atom is 0.200 e. The summed E-state index contributed by atoms with van der Waals surface area (Å²) < 4.78 is 5.20. The van der Waals surface area contributed by atoms with Gasteiger partial charge in [0.2, 0.25) is 0 Å². The van der Waals surface area contributed by atoms with Gasteiger partial charge < -0.3 is 40.5 Å². The Balaban J connectivity index is 2.16. The number of aliphatic hydroxyl groups excluding tert-OH is 4. The van der Waals surface area contributed by atoms with Crippen molar-refractivity contribution in [2.45, 2.75) is 36.9 Å². The number of aromatic hydroxyl groups is 3. The van der Waals surface area contributed by atoms with Crippen LogP contribution in [-0.2, 0) is 4.74 Å². The van der Waals surface area contributed by atoms with E-state index in [2.05, 4.69) is 0 Å². The van der Waals surface area contributed by atoms with E-state index in [4.69, 9.17) is 9.84 Å². The molecule has 128 valence electrons. The molecule has 0 aliphatic carbocycles. The molecule has 2 rings (SSSR count). The molecular formula is C14H18O9. The summed E-state index contributed by atoms with van der Waals surface area (Å²) in [4.78, 5) is 12.2. The zero-order chi connectivity index (χ0) is 17.3. The lowest BCUT2D eigenvalue weighted by atomic mass is 9.91. The van der Waals surface area contributed by atoms with E-state index >= 15 is 0 Å². The van der Waals surface area contributed by atoms with E-state index < -0.39 is 66.6 Å². The Morgan fingerprint density at radius 1 is 0.957 bits per heavy atom. The molecule has 0 bridgehead atoms. The minimum absolute atomic E-state index is 0.144. The largest absolute Gasteiger partial charge is 0.504 e. The standard InChI is InChI=1S/C14H18O9/c15-4-10-13(21)14(22)12(20)9(23-10)3-6(16)5-1-7(17)11(19)8(18)2-5/h1-2,9-10,12-15,17-22H,3-4H2/t9-,10?,12?,13+,14+/m0/s1. The summed E-state index contributed by atoms with van der Waals surface area (Å²) in [6.45, 7) is -0.615. The third kappa shape index (κ3) is 3.38. The molecule has 0 amide bonds. The summed E-state index contributed by atoms with van der Waals surface area (Å²) in [5.74, 6) is -2.81. The average Bonchev–Trinajstić information content (AvgIpc) is 2.52. The Labute approximate surface area is 130 Å². The Morgan fingerprint density at radius 3 is 2.00 bits per heavy atom. The van der Waals surface area contributed by atoms with Crippen molar-refractivity contribution < 1.29 is 45.3 Å². The van der Waals surface area contributed by atoms with Crippen LogP contribution in [0.25, 0.3) is 0 Å². The van der Waals surface area contributed by atoms with Gasteiger partial charge in [0.25, 0.3) is 0 Å². The van der Waals surface area contributed by atoms with Gasteiger partial charge in [-0.2, -0.15) is 0 Å². The zero-order valence-corrected chi connectivity index (χ0v) is 11.9. The number of carbonyl (C=O) groups excluding carboxylic acids is 1. The topological polar surface area (TPSA) is 168 Å². The molecule has 1 heterocycles. The first-order chi connectivity index (χ1) is 10.8. The van der Waals surface area contributed by atoms with Crippen molar-refractivity contribution in [2.75, 3.05) is 6.61 Å². The normalized spacial score (nSPS) is 31.0. The van der Waals surface area contributed by atoms with Crippen LogP contribution in [0.5, 0.6) is 17.2 Å². The second-order valence-electron chi connectivity index (χ2n) is 5.36. The molecule has 0 saturated carbocycles. The highest BCUT2D eigenvalue weighted by Gasteiger charge is 2.43. The number of benzene rings is 1. The van der Waals surface area contributed by atoms with Crippen LogP contribution in [0.4, 0.5) is 0 Å². The maximum absolute atomic E-state index is 12.2. The number of ether oxygens (including phenoxy) is 1. The van der Waals surface area contributed by atoms with Crippen molar-refractivity contribution in [2.24, 2.45) is 0 Å². The van der Waals surface area contributed by atoms with Gasteiger partial charge in [-0.25, -0.2) is 0 Å². The minimum atomic E-state index is -1.60. The summed E-state index contributed by atoms with van der Waals surface area (Å²) in [5.41, 5.74) is -0.144. The molecule has 1 aromatic carbocycles. The second-order valence-corrected chi connectivity index (χ2v) is 5.36. The monoisotopic (exact) mass is 330 g/mol. The molecule has 1 saturated heterocycles. The number of rotatable bonds is 4. The predicted octanol–water partition coefficient (Wildman–Crippen LogP) is -1.78. The lowest BCUT2D eigenvalue weighted by Gasteiger charge is -2.39. The van der Waals surface area contributed by atoms with Gasteiger partial charge in [0.15, 0.2) is 23.0 Å². The molecule has 7 N–H and O–H groups in total. The number of Topliss-reactive ketones (excluding diaryl/α,β-unsaturated/α-hetero) is 1. The zero-order valence-electron chi connectivity index (χ0n) is 11.9. The van der Waals surface area contributed by atoms with Crippen LogP contribution < -0.4 is 0 Å². The number of aliphatic hydroxyl groups is 4. The molecule has 1 aliphatic heterocycles. The summed E-state index contributed by atoms with van der Waals surface area (Å²) in [6, 6.07) is 1.86. The molecule has 23 heavy (non-hydrogen) atoms. The Morgan fingerprint density at radius 2 is 1.48 bits per heavy atom. The summed E-state index contributed by atoms with van der Waals surface area (Å²) in [6.07, 6.45) is -7.45. The maximum atomic E-state index is 12.2.